The summed E-state index contributed by atoms with van der Waals surface area (Å²) in [7, 11) is -3.28. The first-order valence-electron chi connectivity index (χ1n) is 7.70. The fourth-order valence-corrected chi connectivity index (χ4v) is 4.26. The minimum Gasteiger partial charge on any atom is -0.800 e. The molecule has 1 aromatic heterocycles. The van der Waals surface area contributed by atoms with Crippen LogP contribution in [0.5, 0.6) is 0 Å². The highest BCUT2D eigenvalue weighted by Gasteiger charge is 2.52. The lowest BCUT2D eigenvalue weighted by Gasteiger charge is -2.63. The molecular weight excluding hydrogens is 303 g/mol. The number of rotatable bonds is 2. The van der Waals surface area contributed by atoms with Gasteiger partial charge in [-0.2, -0.15) is 5.10 Å². The summed E-state index contributed by atoms with van der Waals surface area (Å²) < 4.78 is 36.9. The van der Waals surface area contributed by atoms with Crippen molar-refractivity contribution in [3.05, 3.63) is 12.4 Å². The van der Waals surface area contributed by atoms with Gasteiger partial charge in [0, 0.05) is 17.9 Å². The van der Waals surface area contributed by atoms with Crippen LogP contribution in [0.15, 0.2) is 12.4 Å². The van der Waals surface area contributed by atoms with Crippen molar-refractivity contribution in [3.63, 3.8) is 0 Å². The molecular formula is C14H23BN2O4S-2. The molecule has 0 radical (unpaired) electrons. The molecule has 0 aliphatic carbocycles. The molecule has 0 spiro atoms. The lowest BCUT2D eigenvalue weighted by atomic mass is 9.82. The van der Waals surface area contributed by atoms with E-state index in [1.807, 2.05) is 38.6 Å². The van der Waals surface area contributed by atoms with Gasteiger partial charge in [-0.05, 0) is 52.0 Å². The van der Waals surface area contributed by atoms with E-state index in [0.717, 1.165) is 5.46 Å². The molecule has 0 N–H and O–H groups in total. The maximum atomic E-state index is 11.5. The Balaban J connectivity index is 1.70. The second-order valence-corrected chi connectivity index (χ2v) is 9.53. The highest BCUT2D eigenvalue weighted by Crippen LogP contribution is 2.46. The van der Waals surface area contributed by atoms with Crippen LogP contribution in [0.2, 0.25) is 0 Å². The van der Waals surface area contributed by atoms with E-state index in [2.05, 4.69) is 5.10 Å². The molecule has 2 aliphatic heterocycles. The quantitative estimate of drug-likeness (QED) is 0.771. The first-order valence-corrected chi connectivity index (χ1v) is 9.52. The Morgan fingerprint density at radius 2 is 1.73 bits per heavy atom. The summed E-state index contributed by atoms with van der Waals surface area (Å²) in [4.78, 5) is 0. The average molecular weight is 326 g/mol. The molecule has 8 heteroatoms. The minimum absolute atomic E-state index is 0.139. The minimum atomic E-state index is -2.85. The third kappa shape index (κ3) is 2.95. The van der Waals surface area contributed by atoms with E-state index in [9.17, 15) is 9.11 Å². The molecule has 1 aromatic rings. The monoisotopic (exact) mass is 326 g/mol. The predicted octanol–water partition coefficient (Wildman–Crippen LogP) is 1.58. The summed E-state index contributed by atoms with van der Waals surface area (Å²) in [5, 5.41) is 4.39. The normalized spacial score (nSPS) is 28.7. The van der Waals surface area contributed by atoms with Gasteiger partial charge in [0.2, 0.25) is 0 Å². The Labute approximate surface area is 133 Å². The zero-order valence-corrected chi connectivity index (χ0v) is 14.4. The van der Waals surface area contributed by atoms with Crippen LogP contribution in [-0.4, -0.2) is 48.7 Å². The first kappa shape index (κ1) is 16.3. The summed E-state index contributed by atoms with van der Waals surface area (Å²) in [5.74, 6) is 0.479. The van der Waals surface area contributed by atoms with Gasteiger partial charge in [0.25, 0.3) is 0 Å². The second-order valence-electron chi connectivity index (χ2n) is 7.22. The van der Waals surface area contributed by atoms with Crippen molar-refractivity contribution in [2.45, 2.75) is 57.8 Å². The van der Waals surface area contributed by atoms with Crippen LogP contribution in [0.4, 0.5) is 0 Å². The predicted molar refractivity (Wildman–Crippen MR) is 85.1 cm³/mol. The molecule has 0 bridgehead atoms. The molecule has 0 saturated carbocycles. The Hall–Kier alpha value is -0.535. The first-order chi connectivity index (χ1) is 10.1. The van der Waals surface area contributed by atoms with Gasteiger partial charge in [0.15, 0.2) is 0 Å². The lowest BCUT2D eigenvalue weighted by molar-refractivity contribution is 0.00578. The van der Waals surface area contributed by atoms with Crippen molar-refractivity contribution >= 4 is 23.2 Å². The lowest BCUT2D eigenvalue weighted by Crippen LogP contribution is -2.41. The highest BCUT2D eigenvalue weighted by atomic mass is 32.3. The molecule has 22 heavy (non-hydrogen) atoms. The summed E-state index contributed by atoms with van der Waals surface area (Å²) >= 11 is 0. The molecule has 124 valence electrons. The van der Waals surface area contributed by atoms with Gasteiger partial charge in [0.05, 0.1) is 17.2 Å². The van der Waals surface area contributed by atoms with Gasteiger partial charge in [-0.3, -0.25) is 4.68 Å². The van der Waals surface area contributed by atoms with Gasteiger partial charge in [-0.25, -0.2) is 0 Å². The Morgan fingerprint density at radius 3 is 2.27 bits per heavy atom. The summed E-state index contributed by atoms with van der Waals surface area (Å²) in [5.41, 5.74) is 0.129. The molecule has 6 nitrogen and oxygen atoms in total. The van der Waals surface area contributed by atoms with E-state index in [1.165, 1.54) is 0 Å². The van der Waals surface area contributed by atoms with Crippen LogP contribution in [0, 0.1) is 0 Å². The topological polar surface area (TPSA) is 82.4 Å². The molecule has 3 rings (SSSR count). The summed E-state index contributed by atoms with van der Waals surface area (Å²) in [6.07, 6.45) is 4.91. The van der Waals surface area contributed by atoms with E-state index >= 15 is 0 Å². The zero-order valence-electron chi connectivity index (χ0n) is 13.6. The maximum Gasteiger partial charge on any atom is 0.498 e. The number of hydrogen-bond acceptors (Lipinski definition) is 5. The molecule has 0 aromatic carbocycles. The Kier molecular flexibility index (Phi) is 3.89. The number of nitrogens with zero attached hydrogens (tertiary/aromatic N) is 2. The molecule has 0 atom stereocenters. The zero-order chi connectivity index (χ0) is 16.2. The summed E-state index contributed by atoms with van der Waals surface area (Å²) in [6, 6.07) is 0.139. The molecule has 0 unspecified atom stereocenters. The van der Waals surface area contributed by atoms with Crippen LogP contribution >= 0.6 is 10.6 Å². The largest absolute Gasteiger partial charge is 0.800 e. The van der Waals surface area contributed by atoms with Crippen molar-refractivity contribution in [2.24, 2.45) is 0 Å². The SMILES string of the molecule is CC1(C)OB(c2cnn(C3CCS([O-])([O-])CC3)c2)OC1(C)C. The standard InChI is InChI=1S/C14H25BN2O4S/c1-13(2)14(3,4)21-15(20-13)11-9-16-17(10-11)12-5-7-22(18,19)8-6-12/h9-10,12,18-19H,5-8H2,1-4H3/p-2. The second kappa shape index (κ2) is 5.24. The van der Waals surface area contributed by atoms with E-state index in [4.69, 9.17) is 9.31 Å². The smallest absolute Gasteiger partial charge is 0.498 e. The van der Waals surface area contributed by atoms with Crippen LogP contribution in [-0.2, 0) is 9.31 Å². The van der Waals surface area contributed by atoms with Crippen LogP contribution in [0.1, 0.15) is 46.6 Å². The maximum absolute atomic E-state index is 11.5. The van der Waals surface area contributed by atoms with Crippen LogP contribution in [0.25, 0.3) is 0 Å². The third-order valence-corrected chi connectivity index (χ3v) is 6.76. The fourth-order valence-electron chi connectivity index (χ4n) is 2.80. The van der Waals surface area contributed by atoms with Gasteiger partial charge in [-0.1, -0.05) is 0 Å². The molecule has 2 aliphatic rings. The van der Waals surface area contributed by atoms with Crippen LogP contribution in [0.3, 0.4) is 0 Å². The fraction of sp³-hybridized carbons (Fsp3) is 0.786. The van der Waals surface area contributed by atoms with E-state index in [1.54, 1.807) is 6.20 Å². The Bertz CT molecular complexity index is 535. The van der Waals surface area contributed by atoms with Crippen molar-refractivity contribution < 1.29 is 18.4 Å². The van der Waals surface area contributed by atoms with Crippen LogP contribution < -0.4 is 5.46 Å². The number of aromatic nitrogens is 2. The third-order valence-electron chi connectivity index (χ3n) is 5.05. The summed E-state index contributed by atoms with van der Waals surface area (Å²) in [6.45, 7) is 8.07. The Morgan fingerprint density at radius 1 is 1.18 bits per heavy atom. The van der Waals surface area contributed by atoms with Crippen molar-refractivity contribution in [3.8, 4) is 0 Å². The molecule has 3 heterocycles. The highest BCUT2D eigenvalue weighted by molar-refractivity contribution is 8.24. The number of hydrogen-bond donors (Lipinski definition) is 0. The van der Waals surface area contributed by atoms with Gasteiger partial charge in [0.1, 0.15) is 0 Å². The average Bonchev–Trinajstić information content (AvgIpc) is 2.93. The van der Waals surface area contributed by atoms with Gasteiger partial charge < -0.3 is 29.0 Å². The molecule has 2 fully saturated rings. The van der Waals surface area contributed by atoms with Crippen molar-refractivity contribution in [2.75, 3.05) is 11.5 Å². The van der Waals surface area contributed by atoms with Crippen molar-refractivity contribution in [1.29, 1.82) is 0 Å². The molecule has 0 amide bonds. The van der Waals surface area contributed by atoms with E-state index < -0.39 is 17.7 Å². The van der Waals surface area contributed by atoms with Gasteiger partial charge in [-0.15, -0.1) is 0 Å². The van der Waals surface area contributed by atoms with Gasteiger partial charge >= 0.3 is 7.12 Å². The molecule has 2 saturated heterocycles. The van der Waals surface area contributed by atoms with Crippen molar-refractivity contribution in [1.82, 2.24) is 9.78 Å². The van der Waals surface area contributed by atoms with E-state index in [0.29, 0.717) is 12.8 Å². The van der Waals surface area contributed by atoms with E-state index in [-0.39, 0.29) is 28.7 Å². The number of sulfone groups is 1.